The number of nitrogens with one attached hydrogen (secondary N) is 1. The molecule has 3 heterocycles. The number of likely N-dealkylation sites (tertiary alicyclic amines) is 1. The summed E-state index contributed by atoms with van der Waals surface area (Å²) in [5, 5.41) is 7.69. The maximum atomic E-state index is 4.81. The van der Waals surface area contributed by atoms with Crippen LogP contribution in [0.2, 0.25) is 0 Å². The number of hydrogen-bond donors (Lipinski definition) is 1. The zero-order valence-electron chi connectivity index (χ0n) is 16.9. The maximum absolute atomic E-state index is 4.81. The summed E-state index contributed by atoms with van der Waals surface area (Å²) < 4.78 is 2.65. The minimum atomic E-state index is 0.253. The minimum Gasteiger partial charge on any atom is -0.343 e. The summed E-state index contributed by atoms with van der Waals surface area (Å²) in [5.74, 6) is 0. The van der Waals surface area contributed by atoms with E-state index in [1.165, 1.54) is 72.0 Å². The van der Waals surface area contributed by atoms with E-state index < -0.39 is 0 Å². The Hall–Kier alpha value is -1.81. The number of allylic oxidation sites excluding steroid dienone is 1. The van der Waals surface area contributed by atoms with Gasteiger partial charge in [0, 0.05) is 34.9 Å². The molecule has 1 saturated heterocycles. The van der Waals surface area contributed by atoms with Crippen molar-refractivity contribution in [2.45, 2.75) is 65.3 Å². The van der Waals surface area contributed by atoms with Crippen LogP contribution < -0.4 is 16.0 Å². The van der Waals surface area contributed by atoms with E-state index in [4.69, 9.17) is 5.10 Å². The molecule has 1 aromatic heterocycles. The molecule has 0 radical (unpaired) electrons. The van der Waals surface area contributed by atoms with E-state index in [1.807, 2.05) is 0 Å². The lowest BCUT2D eigenvalue weighted by molar-refractivity contribution is 0.218. The van der Waals surface area contributed by atoms with Gasteiger partial charge in [-0.3, -0.25) is 5.43 Å². The number of nitrogens with zero attached hydrogens (tertiary/aromatic N) is 3. The highest BCUT2D eigenvalue weighted by atomic mass is 15.3. The van der Waals surface area contributed by atoms with Crippen molar-refractivity contribution in [3.63, 3.8) is 0 Å². The van der Waals surface area contributed by atoms with E-state index in [2.05, 4.69) is 41.4 Å². The first-order valence-corrected chi connectivity index (χ1v) is 10.7. The van der Waals surface area contributed by atoms with Crippen LogP contribution in [0.1, 0.15) is 63.6 Å². The molecular weight excluding hydrogens is 332 g/mol. The number of hydrogen-bond acceptors (Lipinski definition) is 3. The second-order valence-corrected chi connectivity index (χ2v) is 9.52. The van der Waals surface area contributed by atoms with Gasteiger partial charge in [-0.2, -0.15) is 5.10 Å². The molecule has 0 atom stereocenters. The third-order valence-electron chi connectivity index (χ3n) is 6.80. The molecule has 2 aliphatic carbocycles. The van der Waals surface area contributed by atoms with Gasteiger partial charge in [0.05, 0.1) is 11.4 Å². The van der Waals surface area contributed by atoms with Gasteiger partial charge in [0.2, 0.25) is 0 Å². The second kappa shape index (κ2) is 6.37. The van der Waals surface area contributed by atoms with Crippen LogP contribution in [0.15, 0.2) is 17.4 Å². The van der Waals surface area contributed by atoms with E-state index >= 15 is 0 Å². The predicted molar refractivity (Wildman–Crippen MR) is 112 cm³/mol. The first-order valence-electron chi connectivity index (χ1n) is 10.7. The van der Waals surface area contributed by atoms with Crippen LogP contribution in [0.3, 0.4) is 0 Å². The normalized spacial score (nSPS) is 23.9. The molecule has 0 saturated carbocycles. The molecule has 144 valence electrons. The number of piperidine rings is 1. The molecule has 4 nitrogen and oxygen atoms in total. The monoisotopic (exact) mass is 364 g/mol. The molecule has 27 heavy (non-hydrogen) atoms. The van der Waals surface area contributed by atoms with Gasteiger partial charge >= 0.3 is 0 Å². The molecule has 5 rings (SSSR count). The standard InChI is InChI=1S/C23H32N4/c1-16-17-8-7-9-19-21(17)22-18(25-24-16)14-23(2,3)15-20(22)27(19)13-12-26-10-5-4-6-11-26/h9,24H,1,4-8,10-15H2,2-3H3. The van der Waals surface area contributed by atoms with Crippen molar-refractivity contribution < 1.29 is 0 Å². The zero-order chi connectivity index (χ0) is 18.6. The second-order valence-electron chi connectivity index (χ2n) is 9.52. The van der Waals surface area contributed by atoms with Crippen molar-refractivity contribution in [1.29, 1.82) is 0 Å². The molecule has 0 amide bonds. The third kappa shape index (κ3) is 2.89. The Morgan fingerprint density at radius 1 is 1.15 bits per heavy atom. The highest BCUT2D eigenvalue weighted by Crippen LogP contribution is 2.35. The number of aromatic nitrogens is 1. The summed E-state index contributed by atoms with van der Waals surface area (Å²) in [6.45, 7) is 13.9. The van der Waals surface area contributed by atoms with Gasteiger partial charge in [-0.15, -0.1) is 0 Å². The fourth-order valence-electron chi connectivity index (χ4n) is 5.52. The van der Waals surface area contributed by atoms with Crippen LogP contribution in [-0.4, -0.2) is 34.8 Å². The molecule has 1 N–H and O–H groups in total. The van der Waals surface area contributed by atoms with Crippen molar-refractivity contribution >= 4 is 17.4 Å². The lowest BCUT2D eigenvalue weighted by Gasteiger charge is -2.32. The third-order valence-corrected chi connectivity index (χ3v) is 6.80. The van der Waals surface area contributed by atoms with Crippen LogP contribution in [0.4, 0.5) is 0 Å². The lowest BCUT2D eigenvalue weighted by Crippen LogP contribution is -2.38. The van der Waals surface area contributed by atoms with Crippen LogP contribution in [0.25, 0.3) is 11.6 Å². The fourth-order valence-corrected chi connectivity index (χ4v) is 5.52. The number of hydrazone groups is 1. The largest absolute Gasteiger partial charge is 0.343 e. The van der Waals surface area contributed by atoms with Crippen LogP contribution in [0, 0.1) is 5.41 Å². The molecule has 4 aliphatic rings. The average Bonchev–Trinajstić information content (AvgIpc) is 2.89. The molecule has 0 unspecified atom stereocenters. The quantitative estimate of drug-likeness (QED) is 0.894. The minimum absolute atomic E-state index is 0.253. The van der Waals surface area contributed by atoms with Gasteiger partial charge in [-0.1, -0.05) is 32.9 Å². The number of rotatable bonds is 3. The molecule has 1 fully saturated rings. The molecular formula is C23H32N4. The van der Waals surface area contributed by atoms with Gasteiger partial charge in [-0.25, -0.2) is 0 Å². The van der Waals surface area contributed by atoms with Gasteiger partial charge in [0.1, 0.15) is 0 Å². The van der Waals surface area contributed by atoms with Gasteiger partial charge in [0.15, 0.2) is 0 Å². The highest BCUT2D eigenvalue weighted by molar-refractivity contribution is 6.04. The molecule has 0 aromatic carbocycles. The molecule has 2 aliphatic heterocycles. The summed E-state index contributed by atoms with van der Waals surface area (Å²) in [4.78, 5) is 2.66. The highest BCUT2D eigenvalue weighted by Gasteiger charge is 2.36. The van der Waals surface area contributed by atoms with Crippen LogP contribution in [-0.2, 0) is 13.0 Å². The van der Waals surface area contributed by atoms with Crippen molar-refractivity contribution in [1.82, 2.24) is 14.9 Å². The Bertz CT molecular complexity index is 938. The summed E-state index contributed by atoms with van der Waals surface area (Å²) >= 11 is 0. The van der Waals surface area contributed by atoms with Crippen molar-refractivity contribution in [3.05, 3.63) is 34.1 Å². The topological polar surface area (TPSA) is 32.6 Å². The fraction of sp³-hybridized carbons (Fsp3) is 0.609. The van der Waals surface area contributed by atoms with Crippen molar-refractivity contribution in [2.24, 2.45) is 10.5 Å². The van der Waals surface area contributed by atoms with E-state index in [9.17, 15) is 0 Å². The van der Waals surface area contributed by atoms with E-state index in [1.54, 1.807) is 0 Å². The smallest absolute Gasteiger partial charge is 0.0709 e. The average molecular weight is 365 g/mol. The summed E-state index contributed by atoms with van der Waals surface area (Å²) in [5.41, 5.74) is 10.1. The molecule has 0 bridgehead atoms. The van der Waals surface area contributed by atoms with Gasteiger partial charge in [0.25, 0.3) is 0 Å². The SMILES string of the molecule is C=C1NN=C2CC(C)(C)Cc3c2c2c(n3CCN3CCCCC3)=CCCC=21. The predicted octanol–water partition coefficient (Wildman–Crippen LogP) is 2.49. The Labute approximate surface area is 162 Å². The summed E-state index contributed by atoms with van der Waals surface area (Å²) in [6.07, 6.45) is 11.0. The van der Waals surface area contributed by atoms with E-state index in [0.29, 0.717) is 0 Å². The zero-order valence-corrected chi connectivity index (χ0v) is 16.9. The lowest BCUT2D eigenvalue weighted by atomic mass is 9.75. The van der Waals surface area contributed by atoms with Crippen molar-refractivity contribution in [3.8, 4) is 0 Å². The van der Waals surface area contributed by atoms with Crippen LogP contribution in [0.5, 0.6) is 0 Å². The molecule has 0 spiro atoms. The van der Waals surface area contributed by atoms with E-state index in [0.717, 1.165) is 37.9 Å². The Morgan fingerprint density at radius 2 is 1.96 bits per heavy atom. The van der Waals surface area contributed by atoms with Gasteiger partial charge in [-0.05, 0) is 62.6 Å². The Morgan fingerprint density at radius 3 is 2.78 bits per heavy atom. The first kappa shape index (κ1) is 17.3. The summed E-state index contributed by atoms with van der Waals surface area (Å²) in [7, 11) is 0. The van der Waals surface area contributed by atoms with Gasteiger partial charge < -0.3 is 9.47 Å². The molecule has 4 heteroatoms. The maximum Gasteiger partial charge on any atom is 0.0709 e. The Balaban J connectivity index is 1.65. The van der Waals surface area contributed by atoms with Crippen molar-refractivity contribution in [2.75, 3.05) is 19.6 Å². The Kier molecular flexibility index (Phi) is 4.08. The molecule has 1 aromatic rings. The van der Waals surface area contributed by atoms with Crippen LogP contribution >= 0.6 is 0 Å². The first-order chi connectivity index (χ1) is 13.0. The van der Waals surface area contributed by atoms with E-state index in [-0.39, 0.29) is 5.41 Å². The summed E-state index contributed by atoms with van der Waals surface area (Å²) in [6, 6.07) is 0.